The molecule has 0 spiro atoms. The molecule has 20 heavy (non-hydrogen) atoms. The molecule has 1 rings (SSSR count). The molecule has 0 aliphatic rings. The van der Waals surface area contributed by atoms with Crippen molar-refractivity contribution in [1.82, 2.24) is 0 Å². The van der Waals surface area contributed by atoms with Gasteiger partial charge in [0.15, 0.2) is 0 Å². The zero-order chi connectivity index (χ0) is 15.6. The summed E-state index contributed by atoms with van der Waals surface area (Å²) in [5.41, 5.74) is 2.26. The molecule has 0 aliphatic carbocycles. The van der Waals surface area contributed by atoms with Crippen molar-refractivity contribution in [3.05, 3.63) is 29.3 Å². The smallest absolute Gasteiger partial charge is 0.437 e. The van der Waals surface area contributed by atoms with E-state index in [1.165, 1.54) is 12.7 Å². The maximum atomic E-state index is 11.4. The molecule has 0 radical (unpaired) electrons. The molecule has 0 bridgehead atoms. The highest BCUT2D eigenvalue weighted by molar-refractivity contribution is 5.65. The SMILES string of the molecule is CCC(C)(C)c1cc(C(C)(C)C)ccc1OC(=O)OC. The lowest BCUT2D eigenvalue weighted by Gasteiger charge is -2.28. The van der Waals surface area contributed by atoms with Gasteiger partial charge in [-0.05, 0) is 28.9 Å². The first-order valence-electron chi connectivity index (χ1n) is 7.02. The fourth-order valence-electron chi connectivity index (χ4n) is 1.94. The van der Waals surface area contributed by atoms with Crippen LogP contribution in [0.4, 0.5) is 4.79 Å². The Morgan fingerprint density at radius 3 is 2.20 bits per heavy atom. The van der Waals surface area contributed by atoms with Gasteiger partial charge in [0.05, 0.1) is 7.11 Å². The van der Waals surface area contributed by atoms with Crippen molar-refractivity contribution < 1.29 is 14.3 Å². The van der Waals surface area contributed by atoms with Crippen LogP contribution in [0.3, 0.4) is 0 Å². The van der Waals surface area contributed by atoms with Crippen LogP contribution in [0.1, 0.15) is 59.1 Å². The van der Waals surface area contributed by atoms with Crippen LogP contribution in [0.25, 0.3) is 0 Å². The molecule has 0 atom stereocenters. The van der Waals surface area contributed by atoms with E-state index in [9.17, 15) is 4.79 Å². The third-order valence-corrected chi connectivity index (χ3v) is 3.82. The number of hydrogen-bond acceptors (Lipinski definition) is 3. The van der Waals surface area contributed by atoms with Crippen molar-refractivity contribution in [3.63, 3.8) is 0 Å². The largest absolute Gasteiger partial charge is 0.513 e. The van der Waals surface area contributed by atoms with Gasteiger partial charge >= 0.3 is 6.16 Å². The van der Waals surface area contributed by atoms with E-state index in [0.717, 1.165) is 12.0 Å². The predicted molar refractivity (Wildman–Crippen MR) is 81.5 cm³/mol. The van der Waals surface area contributed by atoms with Gasteiger partial charge < -0.3 is 9.47 Å². The minimum absolute atomic E-state index is 0.0579. The van der Waals surface area contributed by atoms with Gasteiger partial charge in [-0.2, -0.15) is 0 Å². The second-order valence-electron chi connectivity index (χ2n) is 6.75. The second kappa shape index (κ2) is 5.86. The maximum absolute atomic E-state index is 11.4. The third-order valence-electron chi connectivity index (χ3n) is 3.82. The number of rotatable bonds is 3. The molecule has 0 aromatic heterocycles. The first-order valence-corrected chi connectivity index (χ1v) is 7.02. The summed E-state index contributed by atoms with van der Waals surface area (Å²) in [6.45, 7) is 13.0. The third kappa shape index (κ3) is 3.75. The van der Waals surface area contributed by atoms with Crippen LogP contribution in [0.2, 0.25) is 0 Å². The van der Waals surface area contributed by atoms with E-state index in [4.69, 9.17) is 4.74 Å². The van der Waals surface area contributed by atoms with E-state index in [2.05, 4.69) is 52.3 Å². The van der Waals surface area contributed by atoms with E-state index in [-0.39, 0.29) is 10.8 Å². The molecule has 3 heteroatoms. The number of ether oxygens (including phenoxy) is 2. The molecular formula is C17H26O3. The minimum Gasteiger partial charge on any atom is -0.437 e. The molecule has 1 aromatic carbocycles. The lowest BCUT2D eigenvalue weighted by Crippen LogP contribution is -2.21. The molecule has 0 saturated heterocycles. The van der Waals surface area contributed by atoms with Gasteiger partial charge in [-0.3, -0.25) is 0 Å². The standard InChI is InChI=1S/C17H26O3/c1-8-17(5,6)13-11-12(16(2,3)4)9-10-14(13)20-15(18)19-7/h9-11H,8H2,1-7H3. The molecule has 0 aliphatic heterocycles. The van der Waals surface area contributed by atoms with E-state index >= 15 is 0 Å². The Hall–Kier alpha value is -1.51. The Morgan fingerprint density at radius 1 is 1.15 bits per heavy atom. The molecular weight excluding hydrogens is 252 g/mol. The lowest BCUT2D eigenvalue weighted by atomic mass is 9.78. The van der Waals surface area contributed by atoms with Gasteiger partial charge in [0.2, 0.25) is 0 Å². The Balaban J connectivity index is 3.35. The molecule has 0 saturated carbocycles. The topological polar surface area (TPSA) is 35.5 Å². The quantitative estimate of drug-likeness (QED) is 0.587. The minimum atomic E-state index is -0.679. The first kappa shape index (κ1) is 16.5. The van der Waals surface area contributed by atoms with Crippen LogP contribution in [0.5, 0.6) is 5.75 Å². The second-order valence-corrected chi connectivity index (χ2v) is 6.75. The van der Waals surface area contributed by atoms with Crippen LogP contribution in [0, 0.1) is 0 Å². The molecule has 3 nitrogen and oxygen atoms in total. The normalized spacial score (nSPS) is 12.2. The summed E-state index contributed by atoms with van der Waals surface area (Å²) in [6.07, 6.45) is 0.277. The number of hydrogen-bond donors (Lipinski definition) is 0. The van der Waals surface area contributed by atoms with Crippen LogP contribution in [0.15, 0.2) is 18.2 Å². The van der Waals surface area contributed by atoms with Crippen LogP contribution >= 0.6 is 0 Å². The van der Waals surface area contributed by atoms with Crippen molar-refractivity contribution in [2.45, 2.75) is 58.8 Å². The molecule has 0 N–H and O–H groups in total. The van der Waals surface area contributed by atoms with Crippen LogP contribution in [-0.4, -0.2) is 13.3 Å². The maximum Gasteiger partial charge on any atom is 0.513 e. The molecule has 0 fully saturated rings. The predicted octanol–water partition coefficient (Wildman–Crippen LogP) is 4.82. The van der Waals surface area contributed by atoms with Crippen LogP contribution < -0.4 is 4.74 Å². The van der Waals surface area contributed by atoms with Gasteiger partial charge in [0, 0.05) is 5.56 Å². The number of methoxy groups -OCH3 is 1. The highest BCUT2D eigenvalue weighted by Crippen LogP contribution is 2.37. The first-order chi connectivity index (χ1) is 9.11. The summed E-state index contributed by atoms with van der Waals surface area (Å²) in [6, 6.07) is 6.01. The number of carbonyl (C=O) groups excluding carboxylic acids is 1. The van der Waals surface area contributed by atoms with Gasteiger partial charge in [-0.1, -0.05) is 53.7 Å². The van der Waals surface area contributed by atoms with Crippen molar-refractivity contribution in [1.29, 1.82) is 0 Å². The fraction of sp³-hybridized carbons (Fsp3) is 0.588. The fourth-order valence-corrected chi connectivity index (χ4v) is 1.94. The summed E-state index contributed by atoms with van der Waals surface area (Å²) < 4.78 is 9.88. The zero-order valence-electron chi connectivity index (χ0n) is 13.7. The van der Waals surface area contributed by atoms with Crippen LogP contribution in [-0.2, 0) is 15.6 Å². The van der Waals surface area contributed by atoms with Crippen molar-refractivity contribution in [2.24, 2.45) is 0 Å². The summed E-state index contributed by atoms with van der Waals surface area (Å²) in [5, 5.41) is 0. The molecule has 0 unspecified atom stereocenters. The van der Waals surface area contributed by atoms with Gasteiger partial charge in [0.1, 0.15) is 5.75 Å². The Morgan fingerprint density at radius 2 is 1.75 bits per heavy atom. The summed E-state index contributed by atoms with van der Waals surface area (Å²) >= 11 is 0. The van der Waals surface area contributed by atoms with E-state index < -0.39 is 6.16 Å². The number of carbonyl (C=O) groups is 1. The molecule has 0 amide bonds. The Kier molecular flexibility index (Phi) is 4.85. The van der Waals surface area contributed by atoms with Gasteiger partial charge in [0.25, 0.3) is 0 Å². The summed E-state index contributed by atoms with van der Waals surface area (Å²) in [5.74, 6) is 0.580. The molecule has 0 heterocycles. The lowest BCUT2D eigenvalue weighted by molar-refractivity contribution is 0.120. The van der Waals surface area contributed by atoms with E-state index in [1.807, 2.05) is 12.1 Å². The summed E-state index contributed by atoms with van der Waals surface area (Å²) in [4.78, 5) is 11.4. The molecule has 1 aromatic rings. The average Bonchev–Trinajstić information content (AvgIpc) is 2.37. The monoisotopic (exact) mass is 278 g/mol. The van der Waals surface area contributed by atoms with Crippen molar-refractivity contribution in [2.75, 3.05) is 7.11 Å². The van der Waals surface area contributed by atoms with Crippen molar-refractivity contribution >= 4 is 6.16 Å². The van der Waals surface area contributed by atoms with E-state index in [0.29, 0.717) is 5.75 Å². The summed E-state index contributed by atoms with van der Waals surface area (Å²) in [7, 11) is 1.32. The number of benzene rings is 1. The highest BCUT2D eigenvalue weighted by atomic mass is 16.7. The van der Waals surface area contributed by atoms with Gasteiger partial charge in [-0.15, -0.1) is 0 Å². The van der Waals surface area contributed by atoms with Crippen molar-refractivity contribution in [3.8, 4) is 5.75 Å². The molecule has 112 valence electrons. The Bertz CT molecular complexity index is 481. The average molecular weight is 278 g/mol. The Labute approximate surface area is 122 Å². The highest BCUT2D eigenvalue weighted by Gasteiger charge is 2.26. The van der Waals surface area contributed by atoms with E-state index in [1.54, 1.807) is 0 Å². The van der Waals surface area contributed by atoms with Gasteiger partial charge in [-0.25, -0.2) is 4.79 Å². The zero-order valence-corrected chi connectivity index (χ0v) is 13.7.